The second-order valence-corrected chi connectivity index (χ2v) is 6.40. The number of rotatable bonds is 4. The molecule has 0 saturated carbocycles. The molecular formula is C19H23FN2O3. The first-order valence-corrected chi connectivity index (χ1v) is 8.68. The monoisotopic (exact) mass is 346 g/mol. The second kappa shape index (κ2) is 8.16. The number of hydrogen-bond donors (Lipinski definition) is 2. The van der Waals surface area contributed by atoms with E-state index in [4.69, 9.17) is 4.42 Å². The van der Waals surface area contributed by atoms with E-state index in [2.05, 4.69) is 5.32 Å². The molecule has 0 spiro atoms. The molecule has 25 heavy (non-hydrogen) atoms. The first kappa shape index (κ1) is 17.5. The molecule has 5 nitrogen and oxygen atoms in total. The van der Waals surface area contributed by atoms with Gasteiger partial charge in [-0.25, -0.2) is 9.18 Å². The summed E-state index contributed by atoms with van der Waals surface area (Å²) < 4.78 is 18.6. The number of hydrogen-bond acceptors (Lipinski definition) is 3. The predicted octanol–water partition coefficient (Wildman–Crippen LogP) is 4.32. The molecule has 2 atom stereocenters. The number of urea groups is 1. The van der Waals surface area contributed by atoms with Gasteiger partial charge in [0.2, 0.25) is 0 Å². The summed E-state index contributed by atoms with van der Waals surface area (Å²) in [6.45, 7) is 0.622. The van der Waals surface area contributed by atoms with Crippen molar-refractivity contribution in [2.45, 2.75) is 44.2 Å². The molecule has 3 rings (SSSR count). The fraction of sp³-hybridized carbons (Fsp3) is 0.421. The van der Waals surface area contributed by atoms with E-state index in [9.17, 15) is 14.3 Å². The van der Waals surface area contributed by atoms with E-state index in [0.717, 1.165) is 25.7 Å². The standard InChI is InChI=1S/C19H23FN2O3/c20-14-6-4-7-15(12-14)21-19(24)22-10-3-1-2-8-16(22)13-17(23)18-9-5-11-25-18/h4-7,9,11-12,16-17,23H,1-3,8,10,13H2,(H,21,24). The molecule has 0 bridgehead atoms. The van der Waals surface area contributed by atoms with Crippen molar-refractivity contribution >= 4 is 11.7 Å². The Bertz CT molecular complexity index is 690. The highest BCUT2D eigenvalue weighted by Crippen LogP contribution is 2.27. The lowest BCUT2D eigenvalue weighted by atomic mass is 10.0. The molecule has 2 unspecified atom stereocenters. The Labute approximate surface area is 146 Å². The molecule has 2 N–H and O–H groups in total. The van der Waals surface area contributed by atoms with E-state index < -0.39 is 11.9 Å². The number of furan rings is 1. The lowest BCUT2D eigenvalue weighted by Gasteiger charge is -2.31. The molecule has 2 aromatic rings. The number of amides is 2. The highest BCUT2D eigenvalue weighted by atomic mass is 19.1. The minimum Gasteiger partial charge on any atom is -0.467 e. The zero-order valence-corrected chi connectivity index (χ0v) is 14.0. The Morgan fingerprint density at radius 1 is 1.32 bits per heavy atom. The average Bonchev–Trinajstić information content (AvgIpc) is 3.02. The molecule has 1 aliphatic heterocycles. The van der Waals surface area contributed by atoms with Crippen molar-refractivity contribution < 1.29 is 18.7 Å². The molecule has 2 amide bonds. The maximum absolute atomic E-state index is 13.3. The first-order chi connectivity index (χ1) is 12.1. The first-order valence-electron chi connectivity index (χ1n) is 8.68. The summed E-state index contributed by atoms with van der Waals surface area (Å²) in [6, 6.07) is 8.97. The number of aliphatic hydroxyl groups is 1. The van der Waals surface area contributed by atoms with Gasteiger partial charge in [0.1, 0.15) is 17.7 Å². The summed E-state index contributed by atoms with van der Waals surface area (Å²) in [5.41, 5.74) is 0.430. The van der Waals surface area contributed by atoms with Gasteiger partial charge in [0.15, 0.2) is 0 Å². The molecule has 1 aliphatic rings. The van der Waals surface area contributed by atoms with Gasteiger partial charge in [-0.05, 0) is 43.2 Å². The van der Waals surface area contributed by atoms with E-state index in [1.807, 2.05) is 0 Å². The van der Waals surface area contributed by atoms with Crippen molar-refractivity contribution in [3.05, 3.63) is 54.2 Å². The number of benzene rings is 1. The van der Waals surface area contributed by atoms with E-state index in [1.165, 1.54) is 18.4 Å². The summed E-state index contributed by atoms with van der Waals surface area (Å²) in [5, 5.41) is 13.1. The summed E-state index contributed by atoms with van der Waals surface area (Å²) >= 11 is 0. The van der Waals surface area contributed by atoms with Crippen molar-refractivity contribution in [2.24, 2.45) is 0 Å². The van der Waals surface area contributed by atoms with Crippen LogP contribution in [0.3, 0.4) is 0 Å². The van der Waals surface area contributed by atoms with Crippen LogP contribution in [0.4, 0.5) is 14.9 Å². The van der Waals surface area contributed by atoms with Crippen molar-refractivity contribution in [1.29, 1.82) is 0 Å². The predicted molar refractivity (Wildman–Crippen MR) is 92.7 cm³/mol. The SMILES string of the molecule is O=C(Nc1cccc(F)c1)N1CCCCCC1CC(O)c1ccco1. The van der Waals surface area contributed by atoms with Crippen LogP contribution in [0.1, 0.15) is 44.0 Å². The number of nitrogens with zero attached hydrogens (tertiary/aromatic N) is 1. The van der Waals surface area contributed by atoms with Gasteiger partial charge in [0.25, 0.3) is 0 Å². The smallest absolute Gasteiger partial charge is 0.322 e. The Morgan fingerprint density at radius 2 is 2.20 bits per heavy atom. The average molecular weight is 346 g/mol. The minimum atomic E-state index is -0.748. The quantitative estimate of drug-likeness (QED) is 0.866. The normalized spacial score (nSPS) is 19.3. The van der Waals surface area contributed by atoms with Gasteiger partial charge in [-0.1, -0.05) is 18.9 Å². The molecule has 0 radical (unpaired) electrons. The molecule has 6 heteroatoms. The van der Waals surface area contributed by atoms with Gasteiger partial charge in [0.05, 0.1) is 6.26 Å². The van der Waals surface area contributed by atoms with Crippen LogP contribution in [0.5, 0.6) is 0 Å². The molecule has 134 valence electrons. The van der Waals surface area contributed by atoms with E-state index in [1.54, 1.807) is 29.2 Å². The summed E-state index contributed by atoms with van der Waals surface area (Å²) in [5.74, 6) is 0.119. The topological polar surface area (TPSA) is 65.7 Å². The fourth-order valence-electron chi connectivity index (χ4n) is 3.31. The maximum atomic E-state index is 13.3. The molecule has 2 heterocycles. The summed E-state index contributed by atoms with van der Waals surface area (Å²) in [7, 11) is 0. The Kier molecular flexibility index (Phi) is 5.71. The number of nitrogens with one attached hydrogen (secondary N) is 1. The van der Waals surface area contributed by atoms with Gasteiger partial charge in [-0.2, -0.15) is 0 Å². The Balaban J connectivity index is 1.70. The largest absolute Gasteiger partial charge is 0.467 e. The molecule has 1 aromatic heterocycles. The van der Waals surface area contributed by atoms with E-state index >= 15 is 0 Å². The summed E-state index contributed by atoms with van der Waals surface area (Å²) in [6.07, 6.45) is 5.02. The maximum Gasteiger partial charge on any atom is 0.322 e. The highest BCUT2D eigenvalue weighted by molar-refractivity contribution is 5.89. The van der Waals surface area contributed by atoms with Crippen LogP contribution >= 0.6 is 0 Å². The van der Waals surface area contributed by atoms with Crippen molar-refractivity contribution in [2.75, 3.05) is 11.9 Å². The third kappa shape index (κ3) is 4.60. The van der Waals surface area contributed by atoms with Gasteiger partial charge >= 0.3 is 6.03 Å². The van der Waals surface area contributed by atoms with Crippen LogP contribution in [-0.4, -0.2) is 28.6 Å². The lowest BCUT2D eigenvalue weighted by Crippen LogP contribution is -2.43. The van der Waals surface area contributed by atoms with Crippen LogP contribution in [-0.2, 0) is 0 Å². The number of aliphatic hydroxyl groups excluding tert-OH is 1. The van der Waals surface area contributed by atoms with Crippen molar-refractivity contribution in [1.82, 2.24) is 4.90 Å². The van der Waals surface area contributed by atoms with Crippen LogP contribution in [0.15, 0.2) is 47.1 Å². The summed E-state index contributed by atoms with van der Waals surface area (Å²) in [4.78, 5) is 14.5. The van der Waals surface area contributed by atoms with Crippen LogP contribution in [0, 0.1) is 5.82 Å². The lowest BCUT2D eigenvalue weighted by molar-refractivity contribution is 0.0987. The molecule has 1 aromatic carbocycles. The fourth-order valence-corrected chi connectivity index (χ4v) is 3.31. The van der Waals surface area contributed by atoms with Crippen LogP contribution in [0.25, 0.3) is 0 Å². The van der Waals surface area contributed by atoms with Gasteiger partial charge < -0.3 is 19.7 Å². The number of halogens is 1. The number of carbonyl (C=O) groups excluding carboxylic acids is 1. The third-order valence-electron chi connectivity index (χ3n) is 4.58. The van der Waals surface area contributed by atoms with Crippen molar-refractivity contribution in [3.63, 3.8) is 0 Å². The van der Waals surface area contributed by atoms with Gasteiger partial charge in [-0.3, -0.25) is 0 Å². The molecule has 0 aliphatic carbocycles. The van der Waals surface area contributed by atoms with Gasteiger partial charge in [-0.15, -0.1) is 0 Å². The molecule has 1 fully saturated rings. The zero-order chi connectivity index (χ0) is 17.6. The van der Waals surface area contributed by atoms with E-state index in [0.29, 0.717) is 24.4 Å². The van der Waals surface area contributed by atoms with Crippen molar-refractivity contribution in [3.8, 4) is 0 Å². The Morgan fingerprint density at radius 3 is 2.96 bits per heavy atom. The van der Waals surface area contributed by atoms with Gasteiger partial charge in [0, 0.05) is 24.7 Å². The van der Waals surface area contributed by atoms with Crippen LogP contribution in [0.2, 0.25) is 0 Å². The number of carbonyl (C=O) groups is 1. The number of anilines is 1. The van der Waals surface area contributed by atoms with E-state index in [-0.39, 0.29) is 12.1 Å². The highest BCUT2D eigenvalue weighted by Gasteiger charge is 2.28. The molecule has 1 saturated heterocycles. The Hall–Kier alpha value is -2.34. The van der Waals surface area contributed by atoms with Crippen LogP contribution < -0.4 is 5.32 Å². The second-order valence-electron chi connectivity index (χ2n) is 6.40. The third-order valence-corrected chi connectivity index (χ3v) is 4.58. The zero-order valence-electron chi connectivity index (χ0n) is 14.0. The molecular weight excluding hydrogens is 323 g/mol. The minimum absolute atomic E-state index is 0.0869. The number of likely N-dealkylation sites (tertiary alicyclic amines) is 1.